The molecule has 4 rings (SSSR count). The number of aryl methyl sites for hydroxylation is 1. The zero-order chi connectivity index (χ0) is 26.4. The van der Waals surface area contributed by atoms with Crippen molar-refractivity contribution in [1.82, 2.24) is 19.7 Å². The maximum Gasteiger partial charge on any atom is 0.401 e. The molecule has 0 unspecified atom stereocenters. The standard InChI is InChI=1S/C23H25F3N7O3/c1-22(2,3)18(23(24,25)26)17-13(6-5-7-28-17)21-30-15(11-36-21)20(35)29-14-10-32(4)31-19(14)33-9-12(27)8-16(33)34/h5-7,10-12H,8-9,27H2,1-4H3,(H,29,35)/t12-/m0/s1. The van der Waals surface area contributed by atoms with Gasteiger partial charge in [-0.25, -0.2) is 4.98 Å². The molecule has 3 N–H and O–H groups in total. The number of pyridine rings is 1. The summed E-state index contributed by atoms with van der Waals surface area (Å²) in [5.41, 5.74) is 4.32. The predicted molar refractivity (Wildman–Crippen MR) is 124 cm³/mol. The van der Waals surface area contributed by atoms with Crippen molar-refractivity contribution in [3.63, 3.8) is 0 Å². The Balaban J connectivity index is 1.63. The minimum atomic E-state index is -4.65. The van der Waals surface area contributed by atoms with Crippen LogP contribution in [0.25, 0.3) is 11.5 Å². The highest BCUT2D eigenvalue weighted by Crippen LogP contribution is 2.47. The number of nitrogens with one attached hydrogen (secondary N) is 1. The van der Waals surface area contributed by atoms with Gasteiger partial charge < -0.3 is 15.5 Å². The highest BCUT2D eigenvalue weighted by molar-refractivity contribution is 6.06. The first-order valence-corrected chi connectivity index (χ1v) is 11.0. The van der Waals surface area contributed by atoms with Gasteiger partial charge >= 0.3 is 6.18 Å². The number of carbonyl (C=O) groups excluding carboxylic acids is 2. The highest BCUT2D eigenvalue weighted by atomic mass is 19.4. The molecule has 0 saturated carbocycles. The molecule has 1 atom stereocenters. The number of oxazole rings is 1. The van der Waals surface area contributed by atoms with Crippen LogP contribution in [0.3, 0.4) is 0 Å². The van der Waals surface area contributed by atoms with Gasteiger partial charge in [-0.1, -0.05) is 20.8 Å². The van der Waals surface area contributed by atoms with Crippen LogP contribution in [-0.4, -0.2) is 50.3 Å². The molecule has 1 fully saturated rings. The summed E-state index contributed by atoms with van der Waals surface area (Å²) < 4.78 is 48.7. The van der Waals surface area contributed by atoms with Gasteiger partial charge in [0.1, 0.15) is 17.9 Å². The Hall–Kier alpha value is -3.74. The Kier molecular flexibility index (Phi) is 6.37. The van der Waals surface area contributed by atoms with Crippen molar-refractivity contribution < 1.29 is 27.2 Å². The SMILES string of the molecule is Cn1cc(NC(=O)c2coc(-c3cccnc3[C](C(C)(C)C)C(F)(F)F)n2)c(N2C[C@@H](N)CC2=O)n1. The van der Waals surface area contributed by atoms with E-state index in [2.05, 4.69) is 20.4 Å². The van der Waals surface area contributed by atoms with E-state index in [1.54, 1.807) is 7.05 Å². The summed E-state index contributed by atoms with van der Waals surface area (Å²) >= 11 is 0. The number of aromatic nitrogens is 4. The topological polar surface area (TPSA) is 132 Å². The van der Waals surface area contributed by atoms with Crippen molar-refractivity contribution in [2.45, 2.75) is 39.4 Å². The first-order chi connectivity index (χ1) is 16.8. The Morgan fingerprint density at radius 3 is 2.61 bits per heavy atom. The Labute approximate surface area is 204 Å². The van der Waals surface area contributed by atoms with Crippen LogP contribution >= 0.6 is 0 Å². The van der Waals surface area contributed by atoms with Crippen LogP contribution in [0.1, 0.15) is 43.4 Å². The van der Waals surface area contributed by atoms with E-state index >= 15 is 0 Å². The van der Waals surface area contributed by atoms with E-state index in [4.69, 9.17) is 10.2 Å². The fraction of sp³-hybridized carbons (Fsp3) is 0.391. The molecule has 1 saturated heterocycles. The fourth-order valence-electron chi connectivity index (χ4n) is 4.08. The number of hydrogen-bond acceptors (Lipinski definition) is 7. The highest BCUT2D eigenvalue weighted by Gasteiger charge is 2.51. The number of alkyl halides is 3. The summed E-state index contributed by atoms with van der Waals surface area (Å²) in [5.74, 6) is -1.72. The molecule has 2 amide bonds. The lowest BCUT2D eigenvalue weighted by Gasteiger charge is -2.31. The Bertz CT molecular complexity index is 1280. The minimum absolute atomic E-state index is 0.00230. The van der Waals surface area contributed by atoms with E-state index in [0.717, 1.165) is 6.26 Å². The molecule has 0 bridgehead atoms. The molecule has 191 valence electrons. The molecule has 3 aromatic heterocycles. The second kappa shape index (κ2) is 9.04. The van der Waals surface area contributed by atoms with Crippen LogP contribution in [0, 0.1) is 11.3 Å². The van der Waals surface area contributed by atoms with E-state index < -0.39 is 23.4 Å². The molecule has 1 aliphatic heterocycles. The number of hydrogen-bond donors (Lipinski definition) is 2. The van der Waals surface area contributed by atoms with Gasteiger partial charge in [0.2, 0.25) is 11.8 Å². The third kappa shape index (κ3) is 4.96. The molecule has 0 spiro atoms. The quantitative estimate of drug-likeness (QED) is 0.545. The van der Waals surface area contributed by atoms with Gasteiger partial charge in [0.15, 0.2) is 11.5 Å². The van der Waals surface area contributed by atoms with Crippen LogP contribution in [0.2, 0.25) is 0 Å². The normalized spacial score (nSPS) is 16.8. The van der Waals surface area contributed by atoms with Crippen LogP contribution in [0.4, 0.5) is 24.7 Å². The van der Waals surface area contributed by atoms with Crippen molar-refractivity contribution in [2.75, 3.05) is 16.8 Å². The zero-order valence-electron chi connectivity index (χ0n) is 20.1. The molecule has 1 aliphatic rings. The number of halogens is 3. The first kappa shape index (κ1) is 25.4. The number of nitrogens with zero attached hydrogens (tertiary/aromatic N) is 5. The van der Waals surface area contributed by atoms with E-state index in [9.17, 15) is 22.8 Å². The number of rotatable bonds is 5. The molecule has 0 aliphatic carbocycles. The van der Waals surface area contributed by atoms with Gasteiger partial charge in [-0.15, -0.1) is 0 Å². The maximum absolute atomic E-state index is 14.0. The summed E-state index contributed by atoms with van der Waals surface area (Å²) in [4.78, 5) is 34.6. The maximum atomic E-state index is 14.0. The molecule has 1 radical (unpaired) electrons. The van der Waals surface area contributed by atoms with E-state index in [0.29, 0.717) is 0 Å². The number of carbonyl (C=O) groups is 2. The van der Waals surface area contributed by atoms with Crippen LogP contribution in [0.5, 0.6) is 0 Å². The molecular weight excluding hydrogens is 479 g/mol. The molecule has 0 aromatic carbocycles. The number of nitrogens with two attached hydrogens (primary N) is 1. The zero-order valence-corrected chi connectivity index (χ0v) is 20.1. The smallest absolute Gasteiger partial charge is 0.401 e. The van der Waals surface area contributed by atoms with Gasteiger partial charge in [0.25, 0.3) is 5.91 Å². The van der Waals surface area contributed by atoms with E-state index in [-0.39, 0.29) is 59.3 Å². The lowest BCUT2D eigenvalue weighted by Crippen LogP contribution is -2.34. The lowest BCUT2D eigenvalue weighted by molar-refractivity contribution is -0.124. The van der Waals surface area contributed by atoms with Crippen molar-refractivity contribution >= 4 is 23.3 Å². The van der Waals surface area contributed by atoms with Crippen LogP contribution < -0.4 is 16.0 Å². The van der Waals surface area contributed by atoms with Crippen molar-refractivity contribution in [3.05, 3.63) is 48.1 Å². The lowest BCUT2D eigenvalue weighted by atomic mass is 9.76. The molecule has 13 heteroatoms. The van der Waals surface area contributed by atoms with E-state index in [1.165, 1.54) is 54.9 Å². The summed E-state index contributed by atoms with van der Waals surface area (Å²) in [7, 11) is 1.63. The predicted octanol–water partition coefficient (Wildman–Crippen LogP) is 3.32. The van der Waals surface area contributed by atoms with E-state index in [1.807, 2.05) is 0 Å². The first-order valence-electron chi connectivity index (χ1n) is 11.0. The monoisotopic (exact) mass is 504 g/mol. The fourth-order valence-corrected chi connectivity index (χ4v) is 4.08. The number of amides is 2. The van der Waals surface area contributed by atoms with Gasteiger partial charge in [-0.3, -0.25) is 24.2 Å². The average Bonchev–Trinajstić information content (AvgIpc) is 3.45. The number of anilines is 2. The van der Waals surface area contributed by atoms with Crippen molar-refractivity contribution in [2.24, 2.45) is 18.2 Å². The summed E-state index contributed by atoms with van der Waals surface area (Å²) in [5, 5.41) is 6.87. The van der Waals surface area contributed by atoms with Crippen molar-refractivity contribution in [3.8, 4) is 11.5 Å². The van der Waals surface area contributed by atoms with Crippen LogP contribution in [0.15, 0.2) is 35.2 Å². The molecular formula is C23H25F3N7O3. The summed E-state index contributed by atoms with van der Waals surface area (Å²) in [6.07, 6.45) is -0.685. The third-order valence-electron chi connectivity index (χ3n) is 5.51. The molecule has 36 heavy (non-hydrogen) atoms. The summed E-state index contributed by atoms with van der Waals surface area (Å²) in [6, 6.07) is 2.51. The third-order valence-corrected chi connectivity index (χ3v) is 5.51. The van der Waals surface area contributed by atoms with Gasteiger partial charge in [-0.05, 0) is 17.5 Å². The largest absolute Gasteiger partial charge is 0.444 e. The molecule has 4 heterocycles. The van der Waals surface area contributed by atoms with Crippen molar-refractivity contribution in [1.29, 1.82) is 0 Å². The second-order valence-electron chi connectivity index (χ2n) is 9.52. The van der Waals surface area contributed by atoms with Gasteiger partial charge in [0.05, 0.1) is 17.5 Å². The molecule has 3 aromatic rings. The van der Waals surface area contributed by atoms with Gasteiger partial charge in [-0.2, -0.15) is 18.3 Å². The molecule has 10 nitrogen and oxygen atoms in total. The van der Waals surface area contributed by atoms with Gasteiger partial charge in [0, 0.05) is 32.3 Å². The minimum Gasteiger partial charge on any atom is -0.444 e. The average molecular weight is 504 g/mol. The second-order valence-corrected chi connectivity index (χ2v) is 9.52. The summed E-state index contributed by atoms with van der Waals surface area (Å²) in [6.45, 7) is 4.56. The van der Waals surface area contributed by atoms with Crippen LogP contribution in [-0.2, 0) is 11.8 Å². The Morgan fingerprint density at radius 2 is 2.00 bits per heavy atom. The Morgan fingerprint density at radius 1 is 1.28 bits per heavy atom.